The van der Waals surface area contributed by atoms with Gasteiger partial charge in [0.25, 0.3) is 0 Å². The second-order valence-electron chi connectivity index (χ2n) is 3.91. The molecule has 0 radical (unpaired) electrons. The fourth-order valence-corrected chi connectivity index (χ4v) is 1.89. The molecule has 1 nitrogen and oxygen atoms in total. The minimum Gasteiger partial charge on any atom is -0.381 e. The van der Waals surface area contributed by atoms with Gasteiger partial charge in [0.05, 0.1) is 0 Å². The van der Waals surface area contributed by atoms with E-state index in [1.165, 1.54) is 44.9 Å². The Bertz CT molecular complexity index is 95.2. The zero-order valence-electron chi connectivity index (χ0n) is 8.35. The summed E-state index contributed by atoms with van der Waals surface area (Å²) in [6, 6.07) is 0. The van der Waals surface area contributed by atoms with Crippen molar-refractivity contribution in [1.82, 2.24) is 0 Å². The second kappa shape index (κ2) is 6.47. The molecule has 0 saturated carbocycles. The zero-order chi connectivity index (χ0) is 8.65. The molecule has 12 heavy (non-hydrogen) atoms. The van der Waals surface area contributed by atoms with Crippen molar-refractivity contribution in [3.05, 3.63) is 0 Å². The van der Waals surface area contributed by atoms with Gasteiger partial charge in [0.1, 0.15) is 0 Å². The van der Waals surface area contributed by atoms with Crippen LogP contribution < -0.4 is 0 Å². The Balaban J connectivity index is 1.91. The fraction of sp³-hybridized carbons (Fsp3) is 1.00. The highest BCUT2D eigenvalue weighted by molar-refractivity contribution is 4.63. The summed E-state index contributed by atoms with van der Waals surface area (Å²) in [6.07, 6.45) is 9.73. The lowest BCUT2D eigenvalue weighted by atomic mass is 9.94. The van der Waals surface area contributed by atoms with E-state index in [4.69, 9.17) is 4.74 Å². The molecule has 1 saturated heterocycles. The smallest absolute Gasteiger partial charge is 0.0468 e. The lowest BCUT2D eigenvalue weighted by Gasteiger charge is -2.21. The van der Waals surface area contributed by atoms with Crippen LogP contribution in [-0.2, 0) is 4.74 Å². The van der Waals surface area contributed by atoms with Crippen LogP contribution in [0, 0.1) is 5.92 Å². The molecule has 1 aliphatic rings. The molecule has 0 unspecified atom stereocenters. The van der Waals surface area contributed by atoms with Gasteiger partial charge in [-0.25, -0.2) is 0 Å². The first kappa shape index (κ1) is 10.0. The lowest BCUT2D eigenvalue weighted by molar-refractivity contribution is 0.0631. The summed E-state index contributed by atoms with van der Waals surface area (Å²) >= 11 is 0. The van der Waals surface area contributed by atoms with Crippen molar-refractivity contribution in [3.8, 4) is 0 Å². The maximum absolute atomic E-state index is 5.33. The van der Waals surface area contributed by atoms with E-state index in [-0.39, 0.29) is 0 Å². The minimum absolute atomic E-state index is 0.982. The van der Waals surface area contributed by atoms with Crippen molar-refractivity contribution in [2.75, 3.05) is 13.2 Å². The monoisotopic (exact) mass is 170 g/mol. The SMILES string of the molecule is CCCCCCC1CCOCC1. The average molecular weight is 170 g/mol. The van der Waals surface area contributed by atoms with Gasteiger partial charge in [0.15, 0.2) is 0 Å². The molecular formula is C11H22O. The summed E-state index contributed by atoms with van der Waals surface area (Å²) in [5, 5.41) is 0. The molecule has 1 heterocycles. The Hall–Kier alpha value is -0.0400. The Kier molecular flexibility index (Phi) is 5.42. The molecule has 1 rings (SSSR count). The Morgan fingerprint density at radius 1 is 1.08 bits per heavy atom. The van der Waals surface area contributed by atoms with Gasteiger partial charge in [-0.3, -0.25) is 0 Å². The largest absolute Gasteiger partial charge is 0.381 e. The third kappa shape index (κ3) is 4.10. The molecule has 0 N–H and O–H groups in total. The van der Waals surface area contributed by atoms with E-state index in [0.29, 0.717) is 0 Å². The van der Waals surface area contributed by atoms with Crippen molar-refractivity contribution < 1.29 is 4.74 Å². The Morgan fingerprint density at radius 3 is 2.50 bits per heavy atom. The summed E-state index contributed by atoms with van der Waals surface area (Å²) in [6.45, 7) is 4.30. The summed E-state index contributed by atoms with van der Waals surface area (Å²) < 4.78 is 5.33. The van der Waals surface area contributed by atoms with Crippen molar-refractivity contribution in [2.24, 2.45) is 5.92 Å². The van der Waals surface area contributed by atoms with Gasteiger partial charge < -0.3 is 4.74 Å². The molecule has 0 atom stereocenters. The average Bonchev–Trinajstić information content (AvgIpc) is 2.14. The predicted molar refractivity (Wildman–Crippen MR) is 52.3 cm³/mol. The van der Waals surface area contributed by atoms with E-state index in [9.17, 15) is 0 Å². The standard InChI is InChI=1S/C11H22O/c1-2-3-4-5-6-11-7-9-12-10-8-11/h11H,2-10H2,1H3. The molecule has 1 heteroatoms. The topological polar surface area (TPSA) is 9.23 Å². The van der Waals surface area contributed by atoms with Crippen molar-refractivity contribution in [3.63, 3.8) is 0 Å². The highest BCUT2D eigenvalue weighted by atomic mass is 16.5. The van der Waals surface area contributed by atoms with Crippen molar-refractivity contribution in [1.29, 1.82) is 0 Å². The Labute approximate surface area is 76.5 Å². The lowest BCUT2D eigenvalue weighted by Crippen LogP contribution is -2.15. The van der Waals surface area contributed by atoms with E-state index in [1.807, 2.05) is 0 Å². The predicted octanol–water partition coefficient (Wildman–Crippen LogP) is 3.38. The first-order valence-corrected chi connectivity index (χ1v) is 5.51. The number of rotatable bonds is 5. The first-order chi connectivity index (χ1) is 5.93. The first-order valence-electron chi connectivity index (χ1n) is 5.51. The highest BCUT2D eigenvalue weighted by Gasteiger charge is 2.12. The molecule has 72 valence electrons. The van der Waals surface area contributed by atoms with Crippen LogP contribution in [0.2, 0.25) is 0 Å². The van der Waals surface area contributed by atoms with Crippen molar-refractivity contribution in [2.45, 2.75) is 51.9 Å². The maximum atomic E-state index is 5.33. The van der Waals surface area contributed by atoms with Crippen LogP contribution in [0.4, 0.5) is 0 Å². The van der Waals surface area contributed by atoms with E-state index in [0.717, 1.165) is 19.1 Å². The summed E-state index contributed by atoms with van der Waals surface area (Å²) in [4.78, 5) is 0. The number of unbranched alkanes of at least 4 members (excludes halogenated alkanes) is 3. The van der Waals surface area contributed by atoms with Gasteiger partial charge >= 0.3 is 0 Å². The van der Waals surface area contributed by atoms with Crippen LogP contribution in [0.3, 0.4) is 0 Å². The molecule has 0 bridgehead atoms. The zero-order valence-corrected chi connectivity index (χ0v) is 8.35. The molecule has 1 fully saturated rings. The van der Waals surface area contributed by atoms with Crippen LogP contribution >= 0.6 is 0 Å². The molecule has 0 spiro atoms. The normalized spacial score (nSPS) is 19.8. The maximum Gasteiger partial charge on any atom is 0.0468 e. The van der Waals surface area contributed by atoms with Crippen LogP contribution in [0.15, 0.2) is 0 Å². The summed E-state index contributed by atoms with van der Waals surface area (Å²) in [5.41, 5.74) is 0. The molecule has 0 amide bonds. The van der Waals surface area contributed by atoms with Crippen LogP contribution in [0.5, 0.6) is 0 Å². The van der Waals surface area contributed by atoms with Gasteiger partial charge in [-0.15, -0.1) is 0 Å². The summed E-state index contributed by atoms with van der Waals surface area (Å²) in [5.74, 6) is 0.982. The fourth-order valence-electron chi connectivity index (χ4n) is 1.89. The van der Waals surface area contributed by atoms with Gasteiger partial charge in [-0.2, -0.15) is 0 Å². The van der Waals surface area contributed by atoms with Gasteiger partial charge in [-0.1, -0.05) is 39.0 Å². The van der Waals surface area contributed by atoms with Crippen LogP contribution in [-0.4, -0.2) is 13.2 Å². The van der Waals surface area contributed by atoms with Gasteiger partial charge in [0.2, 0.25) is 0 Å². The van der Waals surface area contributed by atoms with Gasteiger partial charge in [-0.05, 0) is 18.8 Å². The third-order valence-electron chi connectivity index (χ3n) is 2.81. The van der Waals surface area contributed by atoms with E-state index < -0.39 is 0 Å². The van der Waals surface area contributed by atoms with Crippen molar-refractivity contribution >= 4 is 0 Å². The summed E-state index contributed by atoms with van der Waals surface area (Å²) in [7, 11) is 0. The molecule has 1 aliphatic heterocycles. The van der Waals surface area contributed by atoms with Crippen LogP contribution in [0.25, 0.3) is 0 Å². The molecular weight excluding hydrogens is 148 g/mol. The molecule has 0 aromatic carbocycles. The van der Waals surface area contributed by atoms with E-state index in [2.05, 4.69) is 6.92 Å². The van der Waals surface area contributed by atoms with Gasteiger partial charge in [0, 0.05) is 13.2 Å². The Morgan fingerprint density at radius 2 is 1.83 bits per heavy atom. The quantitative estimate of drug-likeness (QED) is 0.575. The second-order valence-corrected chi connectivity index (χ2v) is 3.91. The molecule has 0 aliphatic carbocycles. The number of ether oxygens (including phenoxy) is 1. The third-order valence-corrected chi connectivity index (χ3v) is 2.81. The molecule has 0 aromatic rings. The number of hydrogen-bond donors (Lipinski definition) is 0. The number of hydrogen-bond acceptors (Lipinski definition) is 1. The minimum atomic E-state index is 0.982. The van der Waals surface area contributed by atoms with Crippen LogP contribution in [0.1, 0.15) is 51.9 Å². The highest BCUT2D eigenvalue weighted by Crippen LogP contribution is 2.21. The van der Waals surface area contributed by atoms with E-state index in [1.54, 1.807) is 0 Å². The van der Waals surface area contributed by atoms with E-state index >= 15 is 0 Å². The molecule has 0 aromatic heterocycles.